The van der Waals surface area contributed by atoms with E-state index in [1.54, 1.807) is 31.2 Å². The van der Waals surface area contributed by atoms with Crippen LogP contribution in [-0.2, 0) is 19.6 Å². The first-order chi connectivity index (χ1) is 11.8. The van der Waals surface area contributed by atoms with Crippen molar-refractivity contribution in [3.8, 4) is 0 Å². The third kappa shape index (κ3) is 5.34. The van der Waals surface area contributed by atoms with Gasteiger partial charge in [0.1, 0.15) is 0 Å². The van der Waals surface area contributed by atoms with Crippen molar-refractivity contribution in [2.75, 3.05) is 11.3 Å². The van der Waals surface area contributed by atoms with E-state index in [0.29, 0.717) is 10.6 Å². The number of carbonyl (C=O) groups is 1. The van der Waals surface area contributed by atoms with Crippen LogP contribution in [0, 0.1) is 6.92 Å². The zero-order chi connectivity index (χ0) is 18.4. The number of rotatable bonds is 6. The Morgan fingerprint density at radius 1 is 1.20 bits per heavy atom. The monoisotopic (exact) mass is 379 g/mol. The van der Waals surface area contributed by atoms with Crippen LogP contribution < -0.4 is 4.72 Å². The Morgan fingerprint density at radius 2 is 1.88 bits per heavy atom. The van der Waals surface area contributed by atoms with Crippen molar-refractivity contribution in [3.63, 3.8) is 0 Å². The maximum absolute atomic E-state index is 12.5. The van der Waals surface area contributed by atoms with Gasteiger partial charge >= 0.3 is 5.97 Å². The zero-order valence-corrected chi connectivity index (χ0v) is 15.4. The molecule has 0 unspecified atom stereocenters. The molecule has 1 N–H and O–H groups in total. The van der Waals surface area contributed by atoms with E-state index in [2.05, 4.69) is 4.72 Å². The molecule has 7 heteroatoms. The van der Waals surface area contributed by atoms with E-state index >= 15 is 0 Å². The van der Waals surface area contributed by atoms with E-state index in [0.717, 1.165) is 5.56 Å². The number of esters is 1. The fraction of sp³-hybridized carbons (Fsp3) is 0.167. The molecule has 0 fully saturated rings. The van der Waals surface area contributed by atoms with Gasteiger partial charge in [-0.1, -0.05) is 35.4 Å². The Balaban J connectivity index is 2.33. The topological polar surface area (TPSA) is 72.5 Å². The normalized spacial score (nSPS) is 11.5. The summed E-state index contributed by atoms with van der Waals surface area (Å²) in [6.07, 6.45) is 2.71. The summed E-state index contributed by atoms with van der Waals surface area (Å²) in [4.78, 5) is 11.6. The third-order valence-electron chi connectivity index (χ3n) is 3.28. The second-order valence-electron chi connectivity index (χ2n) is 5.24. The summed E-state index contributed by atoms with van der Waals surface area (Å²) in [5.41, 5.74) is 1.72. The molecule has 0 saturated heterocycles. The van der Waals surface area contributed by atoms with Crippen LogP contribution in [0.25, 0.3) is 6.08 Å². The standard InChI is InChI=1S/C18H18ClNO4S/c1-3-24-18(21)11-7-14-6-8-15(19)12-17(14)20-25(22,23)16-9-4-13(2)5-10-16/h4-12,20H,3H2,1-2H3/b11-7+. The van der Waals surface area contributed by atoms with Gasteiger partial charge in [-0.2, -0.15) is 0 Å². The lowest BCUT2D eigenvalue weighted by molar-refractivity contribution is -0.137. The first-order valence-electron chi connectivity index (χ1n) is 7.55. The lowest BCUT2D eigenvalue weighted by Gasteiger charge is -2.11. The number of ether oxygens (including phenoxy) is 1. The molecular weight excluding hydrogens is 362 g/mol. The molecule has 0 aliphatic carbocycles. The van der Waals surface area contributed by atoms with Gasteiger partial charge in [0, 0.05) is 11.1 Å². The van der Waals surface area contributed by atoms with Crippen LogP contribution in [0.2, 0.25) is 5.02 Å². The lowest BCUT2D eigenvalue weighted by Crippen LogP contribution is -2.13. The minimum absolute atomic E-state index is 0.137. The van der Waals surface area contributed by atoms with Crippen LogP contribution in [-0.4, -0.2) is 21.0 Å². The second kappa shape index (κ2) is 8.18. The lowest BCUT2D eigenvalue weighted by atomic mass is 10.1. The highest BCUT2D eigenvalue weighted by molar-refractivity contribution is 7.92. The molecule has 0 radical (unpaired) electrons. The number of sulfonamides is 1. The number of nitrogens with one attached hydrogen (secondary N) is 1. The Morgan fingerprint density at radius 3 is 2.52 bits per heavy atom. The molecular formula is C18H18ClNO4S. The van der Waals surface area contributed by atoms with Crippen molar-refractivity contribution in [2.45, 2.75) is 18.7 Å². The summed E-state index contributed by atoms with van der Waals surface area (Å²) in [7, 11) is -3.78. The van der Waals surface area contributed by atoms with E-state index in [4.69, 9.17) is 16.3 Å². The van der Waals surface area contributed by atoms with Crippen LogP contribution >= 0.6 is 11.6 Å². The molecule has 0 aliphatic heterocycles. The smallest absolute Gasteiger partial charge is 0.330 e. The number of halogens is 1. The molecule has 0 bridgehead atoms. The Hall–Kier alpha value is -2.31. The van der Waals surface area contributed by atoms with Crippen molar-refractivity contribution in [1.29, 1.82) is 0 Å². The highest BCUT2D eigenvalue weighted by atomic mass is 35.5. The van der Waals surface area contributed by atoms with Gasteiger partial charge in [0.15, 0.2) is 0 Å². The molecule has 5 nitrogen and oxygen atoms in total. The molecule has 2 aromatic carbocycles. The molecule has 0 saturated carbocycles. The molecule has 2 rings (SSSR count). The maximum atomic E-state index is 12.5. The van der Waals surface area contributed by atoms with Crippen molar-refractivity contribution >= 4 is 39.4 Å². The molecule has 0 heterocycles. The zero-order valence-electron chi connectivity index (χ0n) is 13.8. The number of carbonyl (C=O) groups excluding carboxylic acids is 1. The number of benzene rings is 2. The molecule has 0 atom stereocenters. The number of hydrogen-bond acceptors (Lipinski definition) is 4. The Bertz CT molecular complexity index is 890. The molecule has 0 aromatic heterocycles. The van der Waals surface area contributed by atoms with Crippen molar-refractivity contribution in [2.24, 2.45) is 0 Å². The third-order valence-corrected chi connectivity index (χ3v) is 4.89. The van der Waals surface area contributed by atoms with Crippen LogP contribution in [0.5, 0.6) is 0 Å². The van der Waals surface area contributed by atoms with Gasteiger partial charge < -0.3 is 4.74 Å². The molecule has 0 spiro atoms. The molecule has 0 amide bonds. The van der Waals surface area contributed by atoms with E-state index in [9.17, 15) is 13.2 Å². The quantitative estimate of drug-likeness (QED) is 0.607. The first-order valence-corrected chi connectivity index (χ1v) is 9.42. The number of aryl methyl sites for hydroxylation is 1. The molecule has 2 aromatic rings. The van der Waals surface area contributed by atoms with Gasteiger partial charge in [-0.15, -0.1) is 0 Å². The van der Waals surface area contributed by atoms with Crippen LogP contribution in [0.1, 0.15) is 18.1 Å². The maximum Gasteiger partial charge on any atom is 0.330 e. The minimum Gasteiger partial charge on any atom is -0.463 e. The first kappa shape index (κ1) is 19.0. The average molecular weight is 380 g/mol. The van der Waals surface area contributed by atoms with Gasteiger partial charge in [0.05, 0.1) is 17.2 Å². The van der Waals surface area contributed by atoms with E-state index in [1.807, 2.05) is 6.92 Å². The van der Waals surface area contributed by atoms with Crippen molar-refractivity contribution in [3.05, 3.63) is 64.7 Å². The fourth-order valence-electron chi connectivity index (χ4n) is 2.03. The second-order valence-corrected chi connectivity index (χ2v) is 7.35. The van der Waals surface area contributed by atoms with Crippen molar-refractivity contribution < 1.29 is 17.9 Å². The highest BCUT2D eigenvalue weighted by Gasteiger charge is 2.15. The van der Waals surface area contributed by atoms with Gasteiger partial charge in [0.25, 0.3) is 10.0 Å². The molecule has 25 heavy (non-hydrogen) atoms. The summed E-state index contributed by atoms with van der Waals surface area (Å²) in [6, 6.07) is 11.2. The van der Waals surface area contributed by atoms with E-state index in [1.165, 1.54) is 30.4 Å². The van der Waals surface area contributed by atoms with Gasteiger partial charge in [-0.05, 0) is 49.8 Å². The summed E-state index contributed by atoms with van der Waals surface area (Å²) in [5.74, 6) is -0.509. The van der Waals surface area contributed by atoms with Crippen LogP contribution in [0.4, 0.5) is 5.69 Å². The Labute approximate surface area is 152 Å². The van der Waals surface area contributed by atoms with Crippen LogP contribution in [0.15, 0.2) is 53.4 Å². The molecule has 0 aliphatic rings. The fourth-order valence-corrected chi connectivity index (χ4v) is 3.28. The van der Waals surface area contributed by atoms with Gasteiger partial charge in [-0.25, -0.2) is 13.2 Å². The summed E-state index contributed by atoms with van der Waals surface area (Å²) >= 11 is 5.97. The predicted octanol–water partition coefficient (Wildman–Crippen LogP) is 4.03. The summed E-state index contributed by atoms with van der Waals surface area (Å²) < 4.78 is 32.4. The van der Waals surface area contributed by atoms with E-state index < -0.39 is 16.0 Å². The largest absolute Gasteiger partial charge is 0.463 e. The summed E-state index contributed by atoms with van der Waals surface area (Å²) in [6.45, 7) is 3.84. The van der Waals surface area contributed by atoms with Gasteiger partial charge in [0.2, 0.25) is 0 Å². The SMILES string of the molecule is CCOC(=O)/C=C/c1ccc(Cl)cc1NS(=O)(=O)c1ccc(C)cc1. The summed E-state index contributed by atoms with van der Waals surface area (Å²) in [5, 5.41) is 0.370. The highest BCUT2D eigenvalue weighted by Crippen LogP contribution is 2.25. The Kier molecular flexibility index (Phi) is 6.22. The van der Waals surface area contributed by atoms with Crippen molar-refractivity contribution in [1.82, 2.24) is 0 Å². The van der Waals surface area contributed by atoms with E-state index in [-0.39, 0.29) is 17.2 Å². The number of hydrogen-bond donors (Lipinski definition) is 1. The van der Waals surface area contributed by atoms with Gasteiger partial charge in [-0.3, -0.25) is 4.72 Å². The average Bonchev–Trinajstić information content (AvgIpc) is 2.54. The molecule has 132 valence electrons. The van der Waals surface area contributed by atoms with Crippen LogP contribution in [0.3, 0.4) is 0 Å². The number of anilines is 1. The predicted molar refractivity (Wildman–Crippen MR) is 99.1 cm³/mol. The minimum atomic E-state index is -3.78.